The fraction of sp³-hybridized carbons (Fsp3) is 0.333. The molecular formula is C15H14Cl2N2OS. The van der Waals surface area contributed by atoms with Gasteiger partial charge in [-0.1, -0.05) is 30.1 Å². The predicted octanol–water partition coefficient (Wildman–Crippen LogP) is 4.83. The van der Waals surface area contributed by atoms with Gasteiger partial charge in [0, 0.05) is 20.5 Å². The number of carbonyl (C=O) groups is 1. The number of anilines is 1. The summed E-state index contributed by atoms with van der Waals surface area (Å²) >= 11 is 13.4. The van der Waals surface area contributed by atoms with Crippen molar-refractivity contribution in [3.8, 4) is 0 Å². The molecule has 110 valence electrons. The van der Waals surface area contributed by atoms with Crippen molar-refractivity contribution in [2.45, 2.75) is 26.2 Å². The lowest BCUT2D eigenvalue weighted by molar-refractivity contribution is 0.102. The van der Waals surface area contributed by atoms with Gasteiger partial charge in [0.05, 0.1) is 5.69 Å². The van der Waals surface area contributed by atoms with E-state index in [1.165, 1.54) is 4.88 Å². The second-order valence-corrected chi connectivity index (χ2v) is 7.31. The Morgan fingerprint density at radius 3 is 2.76 bits per heavy atom. The minimum Gasteiger partial charge on any atom is -0.298 e. The van der Waals surface area contributed by atoms with E-state index in [2.05, 4.69) is 17.2 Å². The van der Waals surface area contributed by atoms with E-state index in [1.54, 1.807) is 29.5 Å². The number of hydrogen-bond donors (Lipinski definition) is 1. The van der Waals surface area contributed by atoms with E-state index in [0.29, 0.717) is 26.7 Å². The van der Waals surface area contributed by atoms with Gasteiger partial charge in [-0.05, 0) is 43.4 Å². The molecule has 1 aromatic heterocycles. The number of rotatable bonds is 2. The van der Waals surface area contributed by atoms with Gasteiger partial charge in [-0.2, -0.15) is 0 Å². The second-order valence-electron chi connectivity index (χ2n) is 5.35. The Hall–Kier alpha value is -1.10. The van der Waals surface area contributed by atoms with E-state index in [9.17, 15) is 4.79 Å². The summed E-state index contributed by atoms with van der Waals surface area (Å²) in [6.45, 7) is 2.24. The first-order chi connectivity index (χ1) is 10.0. The highest BCUT2D eigenvalue weighted by molar-refractivity contribution is 7.15. The molecule has 1 aliphatic carbocycles. The van der Waals surface area contributed by atoms with Crippen molar-refractivity contribution in [3.63, 3.8) is 0 Å². The molecule has 21 heavy (non-hydrogen) atoms. The molecule has 0 fully saturated rings. The topological polar surface area (TPSA) is 42.0 Å². The number of carbonyl (C=O) groups excluding carboxylic acids is 1. The summed E-state index contributed by atoms with van der Waals surface area (Å²) in [6, 6.07) is 4.79. The van der Waals surface area contributed by atoms with Crippen LogP contribution in [0.3, 0.4) is 0 Å². The molecule has 0 saturated carbocycles. The number of amides is 1. The van der Waals surface area contributed by atoms with Gasteiger partial charge in [0.25, 0.3) is 5.91 Å². The van der Waals surface area contributed by atoms with Crippen molar-refractivity contribution in [1.29, 1.82) is 0 Å². The molecule has 3 nitrogen and oxygen atoms in total. The third-order valence-electron chi connectivity index (χ3n) is 3.53. The quantitative estimate of drug-likeness (QED) is 0.850. The van der Waals surface area contributed by atoms with Crippen LogP contribution in [0.1, 0.15) is 34.3 Å². The Balaban J connectivity index is 1.79. The predicted molar refractivity (Wildman–Crippen MR) is 87.7 cm³/mol. The third kappa shape index (κ3) is 3.39. The smallest absolute Gasteiger partial charge is 0.257 e. The van der Waals surface area contributed by atoms with Crippen molar-refractivity contribution < 1.29 is 4.79 Å². The van der Waals surface area contributed by atoms with E-state index in [4.69, 9.17) is 23.2 Å². The number of aromatic nitrogens is 1. The molecule has 0 unspecified atom stereocenters. The zero-order valence-electron chi connectivity index (χ0n) is 11.5. The maximum Gasteiger partial charge on any atom is 0.257 e. The molecule has 2 aromatic rings. The fourth-order valence-electron chi connectivity index (χ4n) is 2.45. The molecule has 1 aromatic carbocycles. The van der Waals surface area contributed by atoms with Crippen molar-refractivity contribution in [2.75, 3.05) is 5.32 Å². The Morgan fingerprint density at radius 2 is 2.05 bits per heavy atom. The fourth-order valence-corrected chi connectivity index (χ4v) is 4.14. The molecule has 0 radical (unpaired) electrons. The molecule has 1 N–H and O–H groups in total. The lowest BCUT2D eigenvalue weighted by Gasteiger charge is -2.15. The Bertz CT molecular complexity index is 679. The first-order valence-corrected chi connectivity index (χ1v) is 8.34. The van der Waals surface area contributed by atoms with Crippen LogP contribution >= 0.6 is 34.5 Å². The lowest BCUT2D eigenvalue weighted by atomic mass is 9.93. The monoisotopic (exact) mass is 340 g/mol. The van der Waals surface area contributed by atoms with E-state index in [-0.39, 0.29) is 5.91 Å². The molecule has 1 atom stereocenters. The van der Waals surface area contributed by atoms with Crippen molar-refractivity contribution in [2.24, 2.45) is 5.92 Å². The maximum absolute atomic E-state index is 12.2. The van der Waals surface area contributed by atoms with Crippen LogP contribution in [0.4, 0.5) is 5.13 Å². The summed E-state index contributed by atoms with van der Waals surface area (Å²) in [7, 11) is 0. The molecule has 1 heterocycles. The van der Waals surface area contributed by atoms with Crippen LogP contribution < -0.4 is 5.32 Å². The number of benzene rings is 1. The maximum atomic E-state index is 12.2. The van der Waals surface area contributed by atoms with Crippen molar-refractivity contribution >= 4 is 45.6 Å². The van der Waals surface area contributed by atoms with Gasteiger partial charge in [-0.25, -0.2) is 4.98 Å². The van der Waals surface area contributed by atoms with Crippen molar-refractivity contribution in [3.05, 3.63) is 44.4 Å². The van der Waals surface area contributed by atoms with Crippen LogP contribution in [0.15, 0.2) is 18.2 Å². The van der Waals surface area contributed by atoms with Crippen LogP contribution in [0.2, 0.25) is 10.0 Å². The van der Waals surface area contributed by atoms with E-state index in [0.717, 1.165) is 25.0 Å². The third-order valence-corrected chi connectivity index (χ3v) is 5.00. The van der Waals surface area contributed by atoms with Crippen LogP contribution in [0.5, 0.6) is 0 Å². The van der Waals surface area contributed by atoms with E-state index in [1.807, 2.05) is 0 Å². The van der Waals surface area contributed by atoms with Crippen LogP contribution in [0, 0.1) is 5.92 Å². The standard InChI is InChI=1S/C15H14Cl2N2OS/c1-8-2-3-12-13(4-8)21-15(18-12)19-14(20)9-5-10(16)7-11(17)6-9/h5-8H,2-4H2,1H3,(H,18,19,20)/t8-/m1/s1. The van der Waals surface area contributed by atoms with E-state index < -0.39 is 0 Å². The largest absolute Gasteiger partial charge is 0.298 e. The molecule has 3 rings (SSSR count). The minimum atomic E-state index is -0.237. The number of hydrogen-bond acceptors (Lipinski definition) is 3. The van der Waals surface area contributed by atoms with Gasteiger partial charge in [0.15, 0.2) is 5.13 Å². The lowest BCUT2D eigenvalue weighted by Crippen LogP contribution is -2.12. The molecule has 0 saturated heterocycles. The number of nitrogens with one attached hydrogen (secondary N) is 1. The number of aryl methyl sites for hydroxylation is 1. The normalized spacial score (nSPS) is 17.4. The molecular weight excluding hydrogens is 327 g/mol. The summed E-state index contributed by atoms with van der Waals surface area (Å²) in [4.78, 5) is 18.0. The van der Waals surface area contributed by atoms with Gasteiger partial charge in [-0.3, -0.25) is 10.1 Å². The van der Waals surface area contributed by atoms with Crippen LogP contribution in [0.25, 0.3) is 0 Å². The highest BCUT2D eigenvalue weighted by Gasteiger charge is 2.20. The summed E-state index contributed by atoms with van der Waals surface area (Å²) < 4.78 is 0. The number of thiazole rings is 1. The molecule has 1 aliphatic rings. The highest BCUT2D eigenvalue weighted by Crippen LogP contribution is 2.32. The SMILES string of the molecule is C[C@@H]1CCc2nc(NC(=O)c3cc(Cl)cc(Cl)c3)sc2C1. The van der Waals surface area contributed by atoms with E-state index >= 15 is 0 Å². The van der Waals surface area contributed by atoms with Gasteiger partial charge in [0.2, 0.25) is 0 Å². The Morgan fingerprint density at radius 1 is 1.33 bits per heavy atom. The van der Waals surface area contributed by atoms with Crippen LogP contribution in [-0.4, -0.2) is 10.9 Å². The average molecular weight is 341 g/mol. The summed E-state index contributed by atoms with van der Waals surface area (Å²) in [5, 5.41) is 4.37. The van der Waals surface area contributed by atoms with Gasteiger partial charge in [-0.15, -0.1) is 11.3 Å². The van der Waals surface area contributed by atoms with Gasteiger partial charge < -0.3 is 0 Å². The highest BCUT2D eigenvalue weighted by atomic mass is 35.5. The molecule has 0 aliphatic heterocycles. The Kier molecular flexibility index (Phi) is 4.20. The zero-order valence-corrected chi connectivity index (χ0v) is 13.8. The second kappa shape index (κ2) is 5.95. The molecule has 0 spiro atoms. The number of fused-ring (bicyclic) bond motifs is 1. The van der Waals surface area contributed by atoms with Crippen molar-refractivity contribution in [1.82, 2.24) is 4.98 Å². The summed E-state index contributed by atoms with van der Waals surface area (Å²) in [5.41, 5.74) is 1.56. The number of nitrogens with zero attached hydrogens (tertiary/aromatic N) is 1. The van der Waals surface area contributed by atoms with Crippen LogP contribution in [-0.2, 0) is 12.8 Å². The summed E-state index contributed by atoms with van der Waals surface area (Å²) in [5.74, 6) is 0.451. The first-order valence-electron chi connectivity index (χ1n) is 6.77. The minimum absolute atomic E-state index is 0.237. The Labute approximate surface area is 137 Å². The average Bonchev–Trinajstić information content (AvgIpc) is 2.78. The first kappa shape index (κ1) is 14.8. The van der Waals surface area contributed by atoms with Gasteiger partial charge >= 0.3 is 0 Å². The number of halogens is 2. The molecule has 1 amide bonds. The zero-order chi connectivity index (χ0) is 15.0. The summed E-state index contributed by atoms with van der Waals surface area (Å²) in [6.07, 6.45) is 3.20. The molecule has 6 heteroatoms. The van der Waals surface area contributed by atoms with Gasteiger partial charge in [0.1, 0.15) is 0 Å². The molecule has 0 bridgehead atoms.